The van der Waals surface area contributed by atoms with E-state index in [4.69, 9.17) is 9.72 Å². The van der Waals surface area contributed by atoms with Crippen LogP contribution in [0.3, 0.4) is 0 Å². The van der Waals surface area contributed by atoms with Gasteiger partial charge in [0.15, 0.2) is 4.34 Å². The van der Waals surface area contributed by atoms with Gasteiger partial charge in [0.05, 0.1) is 22.7 Å². The van der Waals surface area contributed by atoms with Crippen LogP contribution in [-0.4, -0.2) is 29.8 Å². The number of rotatable bonds is 10. The highest BCUT2D eigenvalue weighted by Gasteiger charge is 2.33. The van der Waals surface area contributed by atoms with Crippen molar-refractivity contribution in [2.75, 3.05) is 18.9 Å². The zero-order chi connectivity index (χ0) is 24.2. The van der Waals surface area contributed by atoms with Crippen molar-refractivity contribution < 1.29 is 9.53 Å². The lowest BCUT2D eigenvalue weighted by atomic mass is 9.95. The molecule has 5 rings (SSSR count). The van der Waals surface area contributed by atoms with Gasteiger partial charge in [-0.3, -0.25) is 4.79 Å². The first-order valence-electron chi connectivity index (χ1n) is 12.3. The number of amides is 1. The molecule has 0 radical (unpaired) electrons. The third-order valence-electron chi connectivity index (χ3n) is 6.29. The average Bonchev–Trinajstić information content (AvgIpc) is 3.43. The van der Waals surface area contributed by atoms with Crippen molar-refractivity contribution in [2.24, 2.45) is 0 Å². The van der Waals surface area contributed by atoms with Crippen molar-refractivity contribution in [1.82, 2.24) is 10.3 Å². The third-order valence-corrected chi connectivity index (χ3v) is 8.54. The third kappa shape index (κ3) is 5.09. The van der Waals surface area contributed by atoms with Crippen LogP contribution >= 0.6 is 23.1 Å². The van der Waals surface area contributed by atoms with Crippen molar-refractivity contribution in [3.8, 4) is 16.9 Å². The van der Waals surface area contributed by atoms with Crippen LogP contribution in [0.2, 0.25) is 0 Å². The van der Waals surface area contributed by atoms with E-state index < -0.39 is 0 Å². The molecule has 0 bridgehead atoms. The molecule has 1 aromatic heterocycles. The molecule has 1 atom stereocenters. The largest absolute Gasteiger partial charge is 0.494 e. The van der Waals surface area contributed by atoms with Gasteiger partial charge in [0.1, 0.15) is 5.75 Å². The van der Waals surface area contributed by atoms with Gasteiger partial charge in [0.25, 0.3) is 0 Å². The molecule has 6 heteroatoms. The molecule has 0 aliphatic heterocycles. The number of aromatic nitrogens is 1. The van der Waals surface area contributed by atoms with Gasteiger partial charge in [0, 0.05) is 12.3 Å². The number of hydrogen-bond donors (Lipinski definition) is 1. The molecule has 0 saturated heterocycles. The lowest BCUT2D eigenvalue weighted by Gasteiger charge is -2.14. The van der Waals surface area contributed by atoms with Gasteiger partial charge in [-0.05, 0) is 72.2 Å². The van der Waals surface area contributed by atoms with Crippen LogP contribution in [-0.2, 0) is 11.2 Å². The second-order valence-corrected chi connectivity index (χ2v) is 11.1. The number of thiazole rings is 1. The van der Waals surface area contributed by atoms with Gasteiger partial charge in [-0.25, -0.2) is 4.98 Å². The highest BCUT2D eigenvalue weighted by Crippen LogP contribution is 2.45. The Morgan fingerprint density at radius 1 is 1.06 bits per heavy atom. The molecule has 0 saturated carbocycles. The molecule has 1 unspecified atom stereocenters. The molecule has 0 spiro atoms. The zero-order valence-corrected chi connectivity index (χ0v) is 21.8. The Bertz CT molecular complexity index is 1350. The number of fused-ring (bicyclic) bond motifs is 4. The SMILES string of the molecule is CCCNC(=O)C1c2ccccc2-c2cc(CCCSc3nc4ccc(OCC)cc4s3)ccc21. The molecule has 3 aromatic carbocycles. The number of nitrogens with one attached hydrogen (secondary N) is 1. The summed E-state index contributed by atoms with van der Waals surface area (Å²) in [7, 11) is 0. The number of hydrogen-bond acceptors (Lipinski definition) is 5. The van der Waals surface area contributed by atoms with Gasteiger partial charge in [-0.15, -0.1) is 11.3 Å². The van der Waals surface area contributed by atoms with Crippen molar-refractivity contribution >= 4 is 39.2 Å². The molecule has 1 aliphatic carbocycles. The molecule has 4 aromatic rings. The van der Waals surface area contributed by atoms with E-state index in [9.17, 15) is 4.79 Å². The van der Waals surface area contributed by atoms with Crippen molar-refractivity contribution in [3.63, 3.8) is 0 Å². The van der Waals surface area contributed by atoms with Crippen molar-refractivity contribution in [3.05, 3.63) is 77.4 Å². The summed E-state index contributed by atoms with van der Waals surface area (Å²) in [4.78, 5) is 17.7. The van der Waals surface area contributed by atoms with Gasteiger partial charge < -0.3 is 10.1 Å². The van der Waals surface area contributed by atoms with Crippen LogP contribution in [0.1, 0.15) is 49.3 Å². The second-order valence-electron chi connectivity index (χ2n) is 8.73. The smallest absolute Gasteiger partial charge is 0.232 e. The molecule has 180 valence electrons. The minimum absolute atomic E-state index is 0.103. The summed E-state index contributed by atoms with van der Waals surface area (Å²) in [5.41, 5.74) is 7.00. The summed E-state index contributed by atoms with van der Waals surface area (Å²) < 4.78 is 7.89. The maximum absolute atomic E-state index is 13.0. The van der Waals surface area contributed by atoms with E-state index in [-0.39, 0.29) is 11.8 Å². The highest BCUT2D eigenvalue weighted by atomic mass is 32.2. The lowest BCUT2D eigenvalue weighted by Crippen LogP contribution is -2.29. The van der Waals surface area contributed by atoms with Gasteiger partial charge >= 0.3 is 0 Å². The Morgan fingerprint density at radius 2 is 1.91 bits per heavy atom. The maximum atomic E-state index is 13.0. The molecule has 1 heterocycles. The molecule has 0 fully saturated rings. The number of aryl methyl sites for hydroxylation is 1. The molecular weight excluding hydrogens is 472 g/mol. The molecular formula is C29H30N2O2S2. The monoisotopic (exact) mass is 502 g/mol. The fraction of sp³-hybridized carbons (Fsp3) is 0.310. The second kappa shape index (κ2) is 10.8. The Kier molecular flexibility index (Phi) is 7.40. The molecule has 35 heavy (non-hydrogen) atoms. The van der Waals surface area contributed by atoms with Crippen LogP contribution in [0, 0.1) is 0 Å². The Morgan fingerprint density at radius 3 is 2.77 bits per heavy atom. The first-order chi connectivity index (χ1) is 17.2. The summed E-state index contributed by atoms with van der Waals surface area (Å²) in [6, 6.07) is 21.1. The van der Waals surface area contributed by atoms with Crippen LogP contribution in [0.4, 0.5) is 0 Å². The van der Waals surface area contributed by atoms with E-state index in [0.29, 0.717) is 13.2 Å². The summed E-state index contributed by atoms with van der Waals surface area (Å²) in [5.74, 6) is 1.82. The van der Waals surface area contributed by atoms with Gasteiger partial charge in [-0.2, -0.15) is 0 Å². The Labute approximate surface area is 215 Å². The van der Waals surface area contributed by atoms with E-state index in [2.05, 4.69) is 54.7 Å². The summed E-state index contributed by atoms with van der Waals surface area (Å²) in [5, 5.41) is 3.09. The minimum atomic E-state index is -0.209. The number of thioether (sulfide) groups is 1. The number of carbonyl (C=O) groups is 1. The molecule has 1 N–H and O–H groups in total. The quantitative estimate of drug-likeness (QED) is 0.186. The summed E-state index contributed by atoms with van der Waals surface area (Å²) in [6.07, 6.45) is 3.02. The van der Waals surface area contributed by atoms with E-state index in [1.54, 1.807) is 11.3 Å². The number of carbonyl (C=O) groups excluding carboxylic acids is 1. The van der Waals surface area contributed by atoms with E-state index in [1.165, 1.54) is 21.4 Å². The normalized spacial score (nSPS) is 14.1. The summed E-state index contributed by atoms with van der Waals surface area (Å²) in [6.45, 7) is 5.47. The van der Waals surface area contributed by atoms with Gasteiger partial charge in [-0.1, -0.05) is 61.2 Å². The minimum Gasteiger partial charge on any atom is -0.494 e. The Balaban J connectivity index is 1.24. The summed E-state index contributed by atoms with van der Waals surface area (Å²) >= 11 is 3.56. The van der Waals surface area contributed by atoms with E-state index in [1.807, 2.05) is 36.9 Å². The highest BCUT2D eigenvalue weighted by molar-refractivity contribution is 8.01. The Hall–Kier alpha value is -2.83. The fourth-order valence-corrected chi connectivity index (χ4v) is 6.78. The predicted molar refractivity (Wildman–Crippen MR) is 147 cm³/mol. The zero-order valence-electron chi connectivity index (χ0n) is 20.2. The number of nitrogens with zero attached hydrogens (tertiary/aromatic N) is 1. The maximum Gasteiger partial charge on any atom is 0.232 e. The first kappa shape index (κ1) is 23.9. The van der Waals surface area contributed by atoms with Crippen molar-refractivity contribution in [2.45, 2.75) is 43.4 Å². The lowest BCUT2D eigenvalue weighted by molar-refractivity contribution is -0.121. The van der Waals surface area contributed by atoms with E-state index >= 15 is 0 Å². The number of benzene rings is 3. The number of ether oxygens (including phenoxy) is 1. The predicted octanol–water partition coefficient (Wildman–Crippen LogP) is 7.06. The van der Waals surface area contributed by atoms with Crippen LogP contribution in [0.15, 0.2) is 65.0 Å². The van der Waals surface area contributed by atoms with Crippen molar-refractivity contribution in [1.29, 1.82) is 0 Å². The fourth-order valence-electron chi connectivity index (χ4n) is 4.68. The van der Waals surface area contributed by atoms with Crippen LogP contribution < -0.4 is 10.1 Å². The van der Waals surface area contributed by atoms with Gasteiger partial charge in [0.2, 0.25) is 5.91 Å². The van der Waals surface area contributed by atoms with E-state index in [0.717, 1.165) is 51.7 Å². The standard InChI is InChI=1S/C29H30N2O2S2/c1-3-15-30-28(32)27-22-10-6-5-9-21(22)24-17-19(11-13-23(24)27)8-7-16-34-29-31-25-14-12-20(33-4-2)18-26(25)35-29/h5-6,9-14,17-18,27H,3-4,7-8,15-16H2,1-2H3,(H,30,32). The molecule has 4 nitrogen and oxygen atoms in total. The van der Waals surface area contributed by atoms with Crippen LogP contribution in [0.25, 0.3) is 21.3 Å². The first-order valence-corrected chi connectivity index (χ1v) is 14.1. The van der Waals surface area contributed by atoms with Crippen LogP contribution in [0.5, 0.6) is 5.75 Å². The molecule has 1 aliphatic rings. The molecule has 1 amide bonds. The average molecular weight is 503 g/mol. The topological polar surface area (TPSA) is 51.2 Å².